The number of ether oxygens (including phenoxy) is 4. The van der Waals surface area contributed by atoms with E-state index in [1.165, 1.54) is 5.56 Å². The summed E-state index contributed by atoms with van der Waals surface area (Å²) in [5.41, 5.74) is 1.76. The van der Waals surface area contributed by atoms with Gasteiger partial charge in [0.15, 0.2) is 12.6 Å². The molecule has 3 aliphatic rings. The number of hydrogen-bond donors (Lipinski definition) is 0. The van der Waals surface area contributed by atoms with Gasteiger partial charge in [-0.2, -0.15) is 0 Å². The first-order valence-corrected chi connectivity index (χ1v) is 10.7. The highest BCUT2D eigenvalue weighted by Gasteiger charge is 2.51. The quantitative estimate of drug-likeness (QED) is 0.638. The Morgan fingerprint density at radius 2 is 2.17 bits per heavy atom. The van der Waals surface area contributed by atoms with E-state index >= 15 is 0 Å². The highest BCUT2D eigenvalue weighted by molar-refractivity contribution is 5.93. The molecule has 0 aromatic heterocycles. The predicted molar refractivity (Wildman–Crippen MR) is 115 cm³/mol. The number of methoxy groups -OCH3 is 1. The maximum Gasteiger partial charge on any atom is 0.189 e. The molecule has 6 nitrogen and oxygen atoms in total. The number of nitrogens with zero attached hydrogens (tertiary/aromatic N) is 1. The summed E-state index contributed by atoms with van der Waals surface area (Å²) in [6.07, 6.45) is 5.57. The van der Waals surface area contributed by atoms with Crippen molar-refractivity contribution in [1.29, 1.82) is 0 Å². The van der Waals surface area contributed by atoms with Crippen LogP contribution in [-0.4, -0.2) is 51.6 Å². The zero-order valence-electron chi connectivity index (χ0n) is 17.9. The summed E-state index contributed by atoms with van der Waals surface area (Å²) >= 11 is 0. The number of allylic oxidation sites excluding steroid dienone is 2. The fraction of sp³-hybridized carbons (Fsp3) is 0.542. The molecular formula is C24H31NO5. The van der Waals surface area contributed by atoms with Crippen molar-refractivity contribution in [1.82, 2.24) is 0 Å². The van der Waals surface area contributed by atoms with E-state index in [0.717, 1.165) is 44.2 Å². The molecule has 2 fully saturated rings. The molecular weight excluding hydrogens is 382 g/mol. The van der Waals surface area contributed by atoms with Crippen LogP contribution < -0.4 is 9.64 Å². The number of morpholine rings is 1. The Morgan fingerprint density at radius 3 is 2.90 bits per heavy atom. The molecule has 0 unspecified atom stereocenters. The van der Waals surface area contributed by atoms with E-state index < -0.39 is 5.60 Å². The number of carbonyl (C=O) groups is 1. The van der Waals surface area contributed by atoms with Gasteiger partial charge in [-0.3, -0.25) is 4.79 Å². The van der Waals surface area contributed by atoms with Crippen molar-refractivity contribution >= 4 is 11.5 Å². The molecule has 4 rings (SSSR count). The highest BCUT2D eigenvalue weighted by Crippen LogP contribution is 2.46. The smallest absolute Gasteiger partial charge is 0.189 e. The molecule has 2 saturated heterocycles. The SMILES string of the molecule is C=CC[C@H]1C[C@]2([C@@H](C)Cc3ccc(OC)c(N4CCOCC4)c3)OCOC2=CC1=O. The summed E-state index contributed by atoms with van der Waals surface area (Å²) in [6.45, 7) is 9.36. The number of anilines is 1. The molecule has 0 spiro atoms. The third-order valence-corrected chi connectivity index (χ3v) is 6.56. The Bertz CT molecular complexity index is 829. The van der Waals surface area contributed by atoms with E-state index in [2.05, 4.69) is 30.5 Å². The monoisotopic (exact) mass is 413 g/mol. The number of hydrogen-bond acceptors (Lipinski definition) is 6. The lowest BCUT2D eigenvalue weighted by Gasteiger charge is -2.38. The molecule has 1 aliphatic carbocycles. The molecule has 162 valence electrons. The van der Waals surface area contributed by atoms with Gasteiger partial charge in [-0.1, -0.05) is 19.1 Å². The largest absolute Gasteiger partial charge is 0.495 e. The van der Waals surface area contributed by atoms with Gasteiger partial charge in [0.2, 0.25) is 0 Å². The topological polar surface area (TPSA) is 57.2 Å². The normalized spacial score (nSPS) is 27.1. The second-order valence-electron chi connectivity index (χ2n) is 8.34. The molecule has 2 heterocycles. The maximum atomic E-state index is 12.5. The second-order valence-corrected chi connectivity index (χ2v) is 8.34. The minimum atomic E-state index is -0.555. The van der Waals surface area contributed by atoms with Crippen LogP contribution in [0.2, 0.25) is 0 Å². The molecule has 0 radical (unpaired) electrons. The summed E-state index contributed by atoms with van der Waals surface area (Å²) in [4.78, 5) is 14.8. The fourth-order valence-corrected chi connectivity index (χ4v) is 4.85. The molecule has 0 amide bonds. The first-order chi connectivity index (χ1) is 14.6. The Balaban J connectivity index is 1.58. The summed E-state index contributed by atoms with van der Waals surface area (Å²) in [6, 6.07) is 6.37. The Labute approximate surface area is 178 Å². The number of rotatable bonds is 7. The van der Waals surface area contributed by atoms with E-state index in [1.807, 2.05) is 12.1 Å². The molecule has 1 aromatic carbocycles. The minimum Gasteiger partial charge on any atom is -0.495 e. The van der Waals surface area contributed by atoms with Gasteiger partial charge in [0, 0.05) is 25.1 Å². The van der Waals surface area contributed by atoms with Gasteiger partial charge < -0.3 is 23.8 Å². The van der Waals surface area contributed by atoms with Crippen LogP contribution in [0.5, 0.6) is 5.75 Å². The van der Waals surface area contributed by atoms with Crippen LogP contribution in [0.25, 0.3) is 0 Å². The first kappa shape index (κ1) is 20.9. The van der Waals surface area contributed by atoms with Crippen LogP contribution in [0, 0.1) is 11.8 Å². The molecule has 2 aliphatic heterocycles. The Hall–Kier alpha value is -2.31. The molecule has 0 N–H and O–H groups in total. The number of carbonyl (C=O) groups excluding carboxylic acids is 1. The zero-order valence-corrected chi connectivity index (χ0v) is 17.9. The third kappa shape index (κ3) is 3.86. The summed E-state index contributed by atoms with van der Waals surface area (Å²) in [7, 11) is 1.71. The fourth-order valence-electron chi connectivity index (χ4n) is 4.85. The van der Waals surface area contributed by atoms with E-state index in [-0.39, 0.29) is 24.4 Å². The van der Waals surface area contributed by atoms with Crippen LogP contribution in [0.3, 0.4) is 0 Å². The minimum absolute atomic E-state index is 0.102. The van der Waals surface area contributed by atoms with Crippen LogP contribution in [0.4, 0.5) is 5.69 Å². The lowest BCUT2D eigenvalue weighted by atomic mass is 9.71. The summed E-state index contributed by atoms with van der Waals surface area (Å²) in [5, 5.41) is 0. The van der Waals surface area contributed by atoms with Gasteiger partial charge in [0.25, 0.3) is 0 Å². The van der Waals surface area contributed by atoms with Crippen molar-refractivity contribution in [3.63, 3.8) is 0 Å². The highest BCUT2D eigenvalue weighted by atomic mass is 16.7. The molecule has 30 heavy (non-hydrogen) atoms. The van der Waals surface area contributed by atoms with Crippen molar-refractivity contribution in [2.45, 2.75) is 31.8 Å². The van der Waals surface area contributed by atoms with Crippen LogP contribution in [0.15, 0.2) is 42.7 Å². The van der Waals surface area contributed by atoms with Crippen LogP contribution in [0.1, 0.15) is 25.3 Å². The number of fused-ring (bicyclic) bond motifs is 1. The molecule has 0 bridgehead atoms. The number of ketones is 1. The average Bonchev–Trinajstić information content (AvgIpc) is 3.18. The Kier molecular flexibility index (Phi) is 6.16. The summed E-state index contributed by atoms with van der Waals surface area (Å²) in [5.74, 6) is 1.72. The van der Waals surface area contributed by atoms with E-state index in [0.29, 0.717) is 18.6 Å². The van der Waals surface area contributed by atoms with Gasteiger partial charge in [-0.05, 0) is 42.9 Å². The first-order valence-electron chi connectivity index (χ1n) is 10.7. The second kappa shape index (κ2) is 8.82. The average molecular weight is 414 g/mol. The van der Waals surface area contributed by atoms with E-state index in [1.54, 1.807) is 13.2 Å². The molecule has 1 aromatic rings. The van der Waals surface area contributed by atoms with E-state index in [9.17, 15) is 4.79 Å². The summed E-state index contributed by atoms with van der Waals surface area (Å²) < 4.78 is 23.0. The van der Waals surface area contributed by atoms with E-state index in [4.69, 9.17) is 18.9 Å². The standard InChI is InChI=1S/C24H31NO5/c1-4-5-19-15-24(23(14-21(19)26)29-16-30-24)17(2)12-18-6-7-22(27-3)20(13-18)25-8-10-28-11-9-25/h4,6-7,13-14,17,19H,1,5,8-12,15-16H2,2-3H3/t17-,19-,24+/m0/s1. The van der Waals surface area contributed by atoms with Gasteiger partial charge in [-0.25, -0.2) is 0 Å². The lowest BCUT2D eigenvalue weighted by Crippen LogP contribution is -2.44. The van der Waals surface area contributed by atoms with Gasteiger partial charge >= 0.3 is 0 Å². The van der Waals surface area contributed by atoms with Crippen molar-refractivity contribution in [2.24, 2.45) is 11.8 Å². The molecule has 0 saturated carbocycles. The molecule has 6 heteroatoms. The predicted octanol–water partition coefficient (Wildman–Crippen LogP) is 3.50. The van der Waals surface area contributed by atoms with Gasteiger partial charge in [-0.15, -0.1) is 6.58 Å². The van der Waals surface area contributed by atoms with Gasteiger partial charge in [0.05, 0.1) is 26.0 Å². The Morgan fingerprint density at radius 1 is 1.37 bits per heavy atom. The van der Waals surface area contributed by atoms with Crippen LogP contribution >= 0.6 is 0 Å². The maximum absolute atomic E-state index is 12.5. The van der Waals surface area contributed by atoms with Crippen molar-refractivity contribution in [2.75, 3.05) is 45.1 Å². The van der Waals surface area contributed by atoms with Gasteiger partial charge in [0.1, 0.15) is 17.1 Å². The van der Waals surface area contributed by atoms with Crippen LogP contribution in [-0.2, 0) is 25.4 Å². The molecule has 3 atom stereocenters. The number of benzene rings is 1. The lowest BCUT2D eigenvalue weighted by molar-refractivity contribution is -0.123. The van der Waals surface area contributed by atoms with Crippen molar-refractivity contribution in [3.8, 4) is 5.75 Å². The third-order valence-electron chi connectivity index (χ3n) is 6.56. The zero-order chi connectivity index (χ0) is 21.1. The van der Waals surface area contributed by atoms with Crippen molar-refractivity contribution in [3.05, 3.63) is 48.3 Å². The van der Waals surface area contributed by atoms with Crippen molar-refractivity contribution < 1.29 is 23.7 Å².